The van der Waals surface area contributed by atoms with Crippen LogP contribution in [0, 0.1) is 11.8 Å². The van der Waals surface area contributed by atoms with E-state index in [9.17, 15) is 0 Å². The lowest BCUT2D eigenvalue weighted by Crippen LogP contribution is -2.29. The van der Waals surface area contributed by atoms with Gasteiger partial charge in [0, 0.05) is 22.0 Å². The van der Waals surface area contributed by atoms with E-state index < -0.39 is 0 Å². The molecule has 112 valence electrons. The quantitative estimate of drug-likeness (QED) is 0.664. The third-order valence-corrected chi connectivity index (χ3v) is 5.12. The summed E-state index contributed by atoms with van der Waals surface area (Å²) >= 11 is 9.61. The minimum absolute atomic E-state index is 0.272. The molecule has 1 fully saturated rings. The highest BCUT2D eigenvalue weighted by molar-refractivity contribution is 9.08. The maximum absolute atomic E-state index is 6.26. The van der Waals surface area contributed by atoms with E-state index in [0.717, 1.165) is 35.8 Å². The molecule has 1 saturated carbocycles. The second-order valence-electron chi connectivity index (χ2n) is 5.74. The first-order valence-corrected chi connectivity index (χ1v) is 8.64. The number of ether oxygens (including phenoxy) is 2. The van der Waals surface area contributed by atoms with Crippen LogP contribution >= 0.6 is 27.5 Å². The van der Waals surface area contributed by atoms with E-state index in [-0.39, 0.29) is 6.10 Å². The summed E-state index contributed by atoms with van der Waals surface area (Å²) in [5, 5.41) is 1.38. The van der Waals surface area contributed by atoms with Crippen LogP contribution in [0.3, 0.4) is 0 Å². The van der Waals surface area contributed by atoms with E-state index in [0.29, 0.717) is 16.3 Å². The van der Waals surface area contributed by atoms with Crippen LogP contribution in [-0.4, -0.2) is 13.2 Å². The third-order valence-electron chi connectivity index (χ3n) is 4.30. The Morgan fingerprint density at radius 3 is 2.60 bits per heavy atom. The van der Waals surface area contributed by atoms with E-state index in [1.807, 2.05) is 12.1 Å². The molecule has 0 spiro atoms. The molecule has 0 bridgehead atoms. The zero-order valence-electron chi connectivity index (χ0n) is 12.3. The van der Waals surface area contributed by atoms with Crippen molar-refractivity contribution in [3.05, 3.63) is 22.7 Å². The summed E-state index contributed by atoms with van der Waals surface area (Å²) in [6.45, 7) is 4.64. The van der Waals surface area contributed by atoms with Crippen LogP contribution < -0.4 is 9.47 Å². The first-order valence-electron chi connectivity index (χ1n) is 7.14. The smallest absolute Gasteiger partial charge is 0.165 e. The summed E-state index contributed by atoms with van der Waals surface area (Å²) in [4.78, 5) is 0. The summed E-state index contributed by atoms with van der Waals surface area (Å²) in [5.41, 5.74) is 1.04. The summed E-state index contributed by atoms with van der Waals surface area (Å²) < 4.78 is 11.7. The van der Waals surface area contributed by atoms with E-state index in [1.54, 1.807) is 7.11 Å². The van der Waals surface area contributed by atoms with Crippen LogP contribution in [0.5, 0.6) is 11.5 Å². The molecule has 0 saturated heterocycles. The molecule has 1 aromatic rings. The Kier molecular flexibility index (Phi) is 5.62. The fraction of sp³-hybridized carbons (Fsp3) is 0.625. The van der Waals surface area contributed by atoms with Gasteiger partial charge in [-0.2, -0.15) is 0 Å². The predicted octanol–water partition coefficient (Wildman–Crippen LogP) is 5.45. The van der Waals surface area contributed by atoms with E-state index in [2.05, 4.69) is 29.8 Å². The number of alkyl halides is 1. The Hall–Kier alpha value is -0.410. The Balaban J connectivity index is 2.20. The molecule has 3 unspecified atom stereocenters. The molecule has 0 N–H and O–H groups in total. The van der Waals surface area contributed by atoms with Crippen molar-refractivity contribution in [3.63, 3.8) is 0 Å². The Labute approximate surface area is 134 Å². The molecule has 3 atom stereocenters. The topological polar surface area (TPSA) is 18.5 Å². The highest BCUT2D eigenvalue weighted by Gasteiger charge is 2.27. The van der Waals surface area contributed by atoms with Crippen LogP contribution in [0.4, 0.5) is 0 Å². The number of methoxy groups -OCH3 is 1. The van der Waals surface area contributed by atoms with Gasteiger partial charge >= 0.3 is 0 Å². The normalized spacial score (nSPS) is 26.4. The average Bonchev–Trinajstić information content (AvgIpc) is 2.44. The van der Waals surface area contributed by atoms with Gasteiger partial charge in [0.25, 0.3) is 0 Å². The summed E-state index contributed by atoms with van der Waals surface area (Å²) in [7, 11) is 1.65. The lowest BCUT2D eigenvalue weighted by atomic mass is 9.80. The molecule has 1 aliphatic carbocycles. The average molecular weight is 362 g/mol. The van der Waals surface area contributed by atoms with Gasteiger partial charge in [0.1, 0.15) is 0 Å². The number of rotatable bonds is 4. The van der Waals surface area contributed by atoms with Crippen LogP contribution in [0.2, 0.25) is 5.02 Å². The summed E-state index contributed by atoms with van der Waals surface area (Å²) in [6, 6.07) is 3.75. The fourth-order valence-corrected chi connectivity index (χ4v) is 3.43. The molecule has 20 heavy (non-hydrogen) atoms. The maximum atomic E-state index is 6.26. The van der Waals surface area contributed by atoms with Crippen LogP contribution in [0.1, 0.15) is 38.7 Å². The highest BCUT2D eigenvalue weighted by Crippen LogP contribution is 2.39. The molecule has 4 heteroatoms. The lowest BCUT2D eigenvalue weighted by molar-refractivity contribution is 0.0970. The number of hydrogen-bond acceptors (Lipinski definition) is 2. The SMILES string of the molecule is COc1cc(Cl)cc(CBr)c1OC1CCC(C)C(C)C1. The number of benzene rings is 1. The minimum Gasteiger partial charge on any atom is -0.493 e. The van der Waals surface area contributed by atoms with Crippen molar-refractivity contribution in [1.29, 1.82) is 0 Å². The van der Waals surface area contributed by atoms with Gasteiger partial charge in [-0.3, -0.25) is 0 Å². The molecular weight excluding hydrogens is 340 g/mol. The Morgan fingerprint density at radius 1 is 1.25 bits per heavy atom. The molecule has 2 nitrogen and oxygen atoms in total. The van der Waals surface area contributed by atoms with Crippen molar-refractivity contribution in [3.8, 4) is 11.5 Å². The molecular formula is C16H22BrClO2. The maximum Gasteiger partial charge on any atom is 0.165 e. The molecule has 2 rings (SSSR count). The first-order chi connectivity index (χ1) is 9.55. The van der Waals surface area contributed by atoms with Crippen molar-refractivity contribution < 1.29 is 9.47 Å². The monoisotopic (exact) mass is 360 g/mol. The van der Waals surface area contributed by atoms with Gasteiger partial charge in [-0.05, 0) is 37.2 Å². The van der Waals surface area contributed by atoms with Crippen molar-refractivity contribution >= 4 is 27.5 Å². The molecule has 1 aliphatic rings. The molecule has 0 radical (unpaired) electrons. The molecule has 0 heterocycles. The summed E-state index contributed by atoms with van der Waals surface area (Å²) in [5.74, 6) is 3.05. The third kappa shape index (κ3) is 3.62. The number of hydrogen-bond donors (Lipinski definition) is 0. The van der Waals surface area contributed by atoms with E-state index in [1.165, 1.54) is 6.42 Å². The van der Waals surface area contributed by atoms with Gasteiger partial charge in [-0.1, -0.05) is 41.4 Å². The first kappa shape index (κ1) is 16.0. The van der Waals surface area contributed by atoms with Gasteiger partial charge in [0.05, 0.1) is 13.2 Å². The van der Waals surface area contributed by atoms with Crippen molar-refractivity contribution in [1.82, 2.24) is 0 Å². The predicted molar refractivity (Wildman–Crippen MR) is 87.2 cm³/mol. The minimum atomic E-state index is 0.272. The van der Waals surface area contributed by atoms with Crippen molar-refractivity contribution in [2.24, 2.45) is 11.8 Å². The molecule has 0 aromatic heterocycles. The standard InChI is InChI=1S/C16H22BrClO2/c1-10-4-5-14(6-11(10)2)20-16-12(9-17)7-13(18)8-15(16)19-3/h7-8,10-11,14H,4-6,9H2,1-3H3. The second-order valence-corrected chi connectivity index (χ2v) is 6.73. The highest BCUT2D eigenvalue weighted by atomic mass is 79.9. The zero-order chi connectivity index (χ0) is 14.7. The van der Waals surface area contributed by atoms with Crippen molar-refractivity contribution in [2.75, 3.05) is 7.11 Å². The fourth-order valence-electron chi connectivity index (χ4n) is 2.78. The van der Waals surface area contributed by atoms with Gasteiger partial charge in [0.2, 0.25) is 0 Å². The van der Waals surface area contributed by atoms with Gasteiger partial charge in [0.15, 0.2) is 11.5 Å². The molecule has 0 aliphatic heterocycles. The zero-order valence-corrected chi connectivity index (χ0v) is 14.6. The molecule has 1 aromatic carbocycles. The van der Waals surface area contributed by atoms with Gasteiger partial charge in [-0.25, -0.2) is 0 Å². The van der Waals surface area contributed by atoms with E-state index in [4.69, 9.17) is 21.1 Å². The number of halogens is 2. The van der Waals surface area contributed by atoms with Crippen molar-refractivity contribution in [2.45, 2.75) is 44.5 Å². The largest absolute Gasteiger partial charge is 0.493 e. The lowest BCUT2D eigenvalue weighted by Gasteiger charge is -2.33. The van der Waals surface area contributed by atoms with Gasteiger partial charge < -0.3 is 9.47 Å². The second kappa shape index (κ2) is 7.04. The molecule has 0 amide bonds. The Morgan fingerprint density at radius 2 is 2.00 bits per heavy atom. The van der Waals surface area contributed by atoms with Crippen LogP contribution in [0.15, 0.2) is 12.1 Å². The van der Waals surface area contributed by atoms with Gasteiger partial charge in [-0.15, -0.1) is 0 Å². The summed E-state index contributed by atoms with van der Waals surface area (Å²) in [6.07, 6.45) is 3.72. The van der Waals surface area contributed by atoms with Crippen LogP contribution in [0.25, 0.3) is 0 Å². The Bertz CT molecular complexity index is 439. The van der Waals surface area contributed by atoms with E-state index >= 15 is 0 Å². The van der Waals surface area contributed by atoms with Crippen LogP contribution in [-0.2, 0) is 5.33 Å².